The van der Waals surface area contributed by atoms with Gasteiger partial charge in [-0.25, -0.2) is 0 Å². The van der Waals surface area contributed by atoms with Crippen LogP contribution in [0.5, 0.6) is 0 Å². The van der Waals surface area contributed by atoms with Gasteiger partial charge in [-0.05, 0) is 12.8 Å². The Bertz CT molecular complexity index is 240. The summed E-state index contributed by atoms with van der Waals surface area (Å²) in [5, 5.41) is 2.75. The molecule has 96 valence electrons. The van der Waals surface area contributed by atoms with Crippen molar-refractivity contribution >= 4 is 34.3 Å². The van der Waals surface area contributed by atoms with E-state index in [0.717, 1.165) is 31.6 Å². The van der Waals surface area contributed by atoms with Gasteiger partial charge in [0.25, 0.3) is 0 Å². The third-order valence-corrected chi connectivity index (χ3v) is 8.30. The van der Waals surface area contributed by atoms with E-state index < -0.39 is 6.72 Å². The fraction of sp³-hybridized carbons (Fsp3) is 0.889. The lowest BCUT2D eigenvalue weighted by atomic mass is 10.3. The van der Waals surface area contributed by atoms with Crippen molar-refractivity contribution in [3.63, 3.8) is 0 Å². The van der Waals surface area contributed by atoms with Crippen molar-refractivity contribution in [3.05, 3.63) is 0 Å². The van der Waals surface area contributed by atoms with Crippen LogP contribution in [0, 0.1) is 0 Å². The topological polar surface area (TPSA) is 50.7 Å². The van der Waals surface area contributed by atoms with Gasteiger partial charge in [-0.15, -0.1) is 0 Å². The van der Waals surface area contributed by atoms with Gasteiger partial charge in [-0.3, -0.25) is 14.6 Å². The molecule has 16 heavy (non-hydrogen) atoms. The molecule has 0 aromatic rings. The molecule has 0 aromatic heterocycles. The summed E-state index contributed by atoms with van der Waals surface area (Å²) in [5.41, 5.74) is 0. The minimum atomic E-state index is -2.80. The fourth-order valence-corrected chi connectivity index (χ4v) is 5.98. The fourth-order valence-electron chi connectivity index (χ4n) is 0.720. The van der Waals surface area contributed by atoms with Crippen molar-refractivity contribution in [2.75, 3.05) is 19.4 Å². The first-order valence-electron chi connectivity index (χ1n) is 5.41. The summed E-state index contributed by atoms with van der Waals surface area (Å²) in [6, 6.07) is 0. The van der Waals surface area contributed by atoms with Crippen LogP contribution in [0.1, 0.15) is 33.1 Å². The van der Waals surface area contributed by atoms with Crippen LogP contribution in [0.3, 0.4) is 0 Å². The number of nitrogens with one attached hydrogen (secondary N) is 1. The molecule has 1 unspecified atom stereocenters. The standard InChI is InChI=1S/C9H21N2O2PS2/c1-4-6-7-10-9-11-14(12,13-3)16-15-8-5-2/h9H,4-8H2,1-3H3,(H,10,11,12). The third-order valence-electron chi connectivity index (χ3n) is 1.63. The van der Waals surface area contributed by atoms with E-state index in [0.29, 0.717) is 0 Å². The van der Waals surface area contributed by atoms with E-state index in [1.165, 1.54) is 23.9 Å². The molecule has 0 radical (unpaired) electrons. The molecular weight excluding hydrogens is 263 g/mol. The number of unbranched alkanes of at least 4 members (excludes halogenated alkanes) is 1. The van der Waals surface area contributed by atoms with Crippen molar-refractivity contribution < 1.29 is 9.09 Å². The summed E-state index contributed by atoms with van der Waals surface area (Å²) in [5.74, 6) is 0.965. The predicted octanol–water partition coefficient (Wildman–Crippen LogP) is 3.95. The van der Waals surface area contributed by atoms with Crippen LogP contribution in [0.4, 0.5) is 0 Å². The smallest absolute Gasteiger partial charge is 0.309 e. The highest BCUT2D eigenvalue weighted by atomic mass is 33.3. The second-order valence-electron chi connectivity index (χ2n) is 3.09. The Morgan fingerprint density at radius 1 is 1.44 bits per heavy atom. The lowest BCUT2D eigenvalue weighted by Crippen LogP contribution is -2.06. The van der Waals surface area contributed by atoms with E-state index in [1.807, 2.05) is 0 Å². The Morgan fingerprint density at radius 3 is 2.75 bits per heavy atom. The first kappa shape index (κ1) is 16.4. The zero-order chi connectivity index (χ0) is 12.3. The summed E-state index contributed by atoms with van der Waals surface area (Å²) in [6.07, 6.45) is 4.72. The molecule has 0 aliphatic carbocycles. The molecule has 1 atom stereocenters. The summed E-state index contributed by atoms with van der Waals surface area (Å²) < 4.78 is 17.0. The molecular formula is C9H21N2O2PS2. The van der Waals surface area contributed by atoms with E-state index in [4.69, 9.17) is 4.52 Å². The number of aliphatic imine (C=N–C) groups is 1. The summed E-state index contributed by atoms with van der Waals surface area (Å²) in [6.45, 7) is 2.17. The van der Waals surface area contributed by atoms with Crippen LogP contribution in [-0.2, 0) is 9.09 Å². The highest BCUT2D eigenvalue weighted by molar-refractivity contribution is 8.99. The van der Waals surface area contributed by atoms with E-state index in [2.05, 4.69) is 23.9 Å². The molecule has 0 aromatic carbocycles. The van der Waals surface area contributed by atoms with Gasteiger partial charge < -0.3 is 4.52 Å². The summed E-state index contributed by atoms with van der Waals surface area (Å²) in [7, 11) is 4.27. The number of hydrogen-bond donors (Lipinski definition) is 1. The Morgan fingerprint density at radius 2 is 2.19 bits per heavy atom. The molecule has 1 N–H and O–H groups in total. The Labute approximate surface area is 106 Å². The average Bonchev–Trinajstić information content (AvgIpc) is 2.29. The Hall–Kier alpha value is 0.360. The van der Waals surface area contributed by atoms with Gasteiger partial charge in [-0.1, -0.05) is 31.1 Å². The Kier molecular flexibility index (Phi) is 10.7. The van der Waals surface area contributed by atoms with Gasteiger partial charge in [0, 0.05) is 29.8 Å². The quantitative estimate of drug-likeness (QED) is 0.216. The second-order valence-corrected chi connectivity index (χ2v) is 9.44. The molecule has 0 aliphatic rings. The van der Waals surface area contributed by atoms with Crippen molar-refractivity contribution in [2.24, 2.45) is 4.99 Å². The first-order valence-corrected chi connectivity index (χ1v) is 9.96. The summed E-state index contributed by atoms with van der Waals surface area (Å²) >= 11 is 0. The molecule has 0 aliphatic heterocycles. The van der Waals surface area contributed by atoms with Crippen LogP contribution in [0.25, 0.3) is 0 Å². The van der Waals surface area contributed by atoms with Gasteiger partial charge in [0.15, 0.2) is 0 Å². The molecule has 0 rings (SSSR count). The molecule has 0 amide bonds. The number of nitrogens with zero attached hydrogens (tertiary/aromatic N) is 1. The second kappa shape index (κ2) is 10.5. The minimum Gasteiger partial charge on any atom is -0.309 e. The molecule has 0 heterocycles. The highest BCUT2D eigenvalue weighted by Crippen LogP contribution is 2.60. The predicted molar refractivity (Wildman–Crippen MR) is 76.4 cm³/mol. The average molecular weight is 284 g/mol. The normalized spacial score (nSPS) is 15.2. The van der Waals surface area contributed by atoms with E-state index in [-0.39, 0.29) is 0 Å². The molecule has 0 saturated carbocycles. The zero-order valence-corrected chi connectivity index (χ0v) is 12.7. The van der Waals surface area contributed by atoms with Crippen molar-refractivity contribution in [2.45, 2.75) is 33.1 Å². The van der Waals surface area contributed by atoms with E-state index in [1.54, 1.807) is 10.8 Å². The van der Waals surface area contributed by atoms with Crippen LogP contribution < -0.4 is 5.09 Å². The maximum Gasteiger partial charge on any atom is 0.361 e. The molecule has 4 nitrogen and oxygen atoms in total. The van der Waals surface area contributed by atoms with E-state index in [9.17, 15) is 4.57 Å². The van der Waals surface area contributed by atoms with Crippen molar-refractivity contribution in [1.82, 2.24) is 5.09 Å². The SMILES string of the molecule is CCCCN=CNP(=O)(OC)SSCCC. The zero-order valence-electron chi connectivity index (χ0n) is 10.1. The third kappa shape index (κ3) is 8.50. The van der Waals surface area contributed by atoms with Gasteiger partial charge in [-0.2, -0.15) is 0 Å². The van der Waals surface area contributed by atoms with Crippen LogP contribution in [0.2, 0.25) is 0 Å². The number of hydrogen-bond acceptors (Lipinski definition) is 5. The van der Waals surface area contributed by atoms with E-state index >= 15 is 0 Å². The number of rotatable bonds is 10. The maximum atomic E-state index is 12.0. The van der Waals surface area contributed by atoms with Gasteiger partial charge in [0.2, 0.25) is 0 Å². The first-order chi connectivity index (χ1) is 7.68. The molecule has 0 bridgehead atoms. The Balaban J connectivity index is 3.86. The summed E-state index contributed by atoms with van der Waals surface area (Å²) in [4.78, 5) is 4.11. The van der Waals surface area contributed by atoms with Gasteiger partial charge in [0.05, 0.1) is 6.34 Å². The molecule has 0 fully saturated rings. The highest BCUT2D eigenvalue weighted by Gasteiger charge is 2.20. The molecule has 7 heteroatoms. The maximum absolute atomic E-state index is 12.0. The lowest BCUT2D eigenvalue weighted by Gasteiger charge is -2.13. The van der Waals surface area contributed by atoms with Crippen molar-refractivity contribution in [3.8, 4) is 0 Å². The largest absolute Gasteiger partial charge is 0.361 e. The minimum absolute atomic E-state index is 0.764. The van der Waals surface area contributed by atoms with Gasteiger partial charge >= 0.3 is 6.72 Å². The van der Waals surface area contributed by atoms with Crippen LogP contribution in [0.15, 0.2) is 4.99 Å². The van der Waals surface area contributed by atoms with Crippen LogP contribution in [-0.4, -0.2) is 25.7 Å². The van der Waals surface area contributed by atoms with Crippen molar-refractivity contribution in [1.29, 1.82) is 0 Å². The molecule has 0 spiro atoms. The van der Waals surface area contributed by atoms with Gasteiger partial charge in [0.1, 0.15) is 0 Å². The molecule has 0 saturated heterocycles. The monoisotopic (exact) mass is 284 g/mol. The lowest BCUT2D eigenvalue weighted by molar-refractivity contribution is 0.406. The van der Waals surface area contributed by atoms with Crippen LogP contribution >= 0.6 is 27.9 Å².